The number of aromatic amines is 1. The molecule has 3 heterocycles. The van der Waals surface area contributed by atoms with Gasteiger partial charge in [0.2, 0.25) is 15.9 Å². The first-order valence-electron chi connectivity index (χ1n) is 9.68. The minimum Gasteiger partial charge on any atom is -0.396 e. The second-order valence-corrected chi connectivity index (χ2v) is 10.6. The van der Waals surface area contributed by atoms with Gasteiger partial charge in [0, 0.05) is 49.5 Å². The van der Waals surface area contributed by atoms with Crippen LogP contribution in [0.4, 0.5) is 0 Å². The molecule has 2 aliphatic rings. The fourth-order valence-corrected chi connectivity index (χ4v) is 5.68. The van der Waals surface area contributed by atoms with Crippen LogP contribution in [0.2, 0.25) is 5.02 Å². The molecule has 2 aromatic rings. The molecule has 4 rings (SSSR count). The first-order valence-corrected chi connectivity index (χ1v) is 11.9. The molecule has 158 valence electrons. The number of nitrogens with one attached hydrogen (secondary N) is 1. The second-order valence-electron chi connectivity index (χ2n) is 8.22. The number of likely N-dealkylation sites (tertiary alicyclic amines) is 1. The standard InChI is InChI=1S/C19H25ClN4O4S/c1-29(27,28)24-9-13-6-7-23(10-19(13,11-24)12-25)18(26)5-4-17-21-15-3-2-14(20)8-16(15)22-17/h2-3,8,13,25H,4-7,9-12H2,1H3,(H,21,22)/t13-,19+/m1/s1. The first kappa shape index (κ1) is 20.6. The zero-order valence-corrected chi connectivity index (χ0v) is 17.8. The SMILES string of the molecule is CS(=O)(=O)N1C[C@H]2CCN(C(=O)CCc3nc4ccc(Cl)cc4[nH]3)C[C@@]2(CO)C1. The molecule has 0 radical (unpaired) electrons. The maximum Gasteiger partial charge on any atom is 0.223 e. The number of aliphatic hydroxyl groups excluding tert-OH is 1. The van der Waals surface area contributed by atoms with E-state index >= 15 is 0 Å². The molecule has 2 fully saturated rings. The van der Waals surface area contributed by atoms with E-state index in [1.54, 1.807) is 17.0 Å². The van der Waals surface area contributed by atoms with Crippen molar-refractivity contribution in [1.29, 1.82) is 0 Å². The van der Waals surface area contributed by atoms with Gasteiger partial charge in [0.15, 0.2) is 0 Å². The number of aromatic nitrogens is 2. The zero-order chi connectivity index (χ0) is 20.8. The molecular formula is C19H25ClN4O4S. The van der Waals surface area contributed by atoms with Crippen molar-refractivity contribution in [1.82, 2.24) is 19.2 Å². The van der Waals surface area contributed by atoms with E-state index in [4.69, 9.17) is 11.6 Å². The van der Waals surface area contributed by atoms with Crippen molar-refractivity contribution < 1.29 is 18.3 Å². The number of nitrogens with zero attached hydrogens (tertiary/aromatic N) is 3. The Hall–Kier alpha value is -1.68. The minimum absolute atomic E-state index is 0.00688. The number of hydrogen-bond donors (Lipinski definition) is 2. The van der Waals surface area contributed by atoms with Crippen LogP contribution >= 0.6 is 11.6 Å². The van der Waals surface area contributed by atoms with Gasteiger partial charge in [-0.3, -0.25) is 4.79 Å². The molecule has 0 unspecified atom stereocenters. The molecule has 1 aromatic carbocycles. The topological polar surface area (TPSA) is 107 Å². The number of carbonyl (C=O) groups excluding carboxylic acids is 1. The van der Waals surface area contributed by atoms with Crippen LogP contribution in [0.25, 0.3) is 11.0 Å². The Kier molecular flexibility index (Phi) is 5.35. The summed E-state index contributed by atoms with van der Waals surface area (Å²) in [4.78, 5) is 22.3. The molecule has 0 aliphatic carbocycles. The van der Waals surface area contributed by atoms with Gasteiger partial charge in [0.05, 0.1) is 23.9 Å². The molecule has 8 nitrogen and oxygen atoms in total. The number of halogens is 1. The number of fused-ring (bicyclic) bond motifs is 2. The third-order valence-corrected chi connectivity index (χ3v) is 7.69. The zero-order valence-electron chi connectivity index (χ0n) is 16.3. The minimum atomic E-state index is -3.31. The fourth-order valence-electron chi connectivity index (χ4n) is 4.56. The van der Waals surface area contributed by atoms with Gasteiger partial charge in [0.1, 0.15) is 5.82 Å². The molecular weight excluding hydrogens is 416 g/mol. The van der Waals surface area contributed by atoms with E-state index in [1.165, 1.54) is 10.6 Å². The van der Waals surface area contributed by atoms with E-state index in [0.29, 0.717) is 43.9 Å². The Morgan fingerprint density at radius 2 is 2.21 bits per heavy atom. The number of hydrogen-bond acceptors (Lipinski definition) is 5. The van der Waals surface area contributed by atoms with Gasteiger partial charge < -0.3 is 15.0 Å². The van der Waals surface area contributed by atoms with Crippen LogP contribution in [0.1, 0.15) is 18.7 Å². The third kappa shape index (κ3) is 4.01. The molecule has 2 saturated heterocycles. The normalized spacial score (nSPS) is 25.5. The summed E-state index contributed by atoms with van der Waals surface area (Å²) in [7, 11) is -3.31. The molecule has 10 heteroatoms. The van der Waals surface area contributed by atoms with Crippen LogP contribution in [0, 0.1) is 11.3 Å². The van der Waals surface area contributed by atoms with Gasteiger partial charge in [-0.15, -0.1) is 0 Å². The smallest absolute Gasteiger partial charge is 0.223 e. The molecule has 1 aromatic heterocycles. The highest BCUT2D eigenvalue weighted by atomic mass is 35.5. The van der Waals surface area contributed by atoms with Crippen LogP contribution in [0.3, 0.4) is 0 Å². The summed E-state index contributed by atoms with van der Waals surface area (Å²) in [5.41, 5.74) is 1.07. The fraction of sp³-hybridized carbons (Fsp3) is 0.579. The van der Waals surface area contributed by atoms with E-state index in [1.807, 2.05) is 6.07 Å². The number of rotatable bonds is 5. The number of H-pyrrole nitrogens is 1. The van der Waals surface area contributed by atoms with E-state index in [9.17, 15) is 18.3 Å². The van der Waals surface area contributed by atoms with Crippen molar-refractivity contribution in [2.75, 3.05) is 39.0 Å². The summed E-state index contributed by atoms with van der Waals surface area (Å²) < 4.78 is 25.3. The summed E-state index contributed by atoms with van der Waals surface area (Å²) >= 11 is 6.00. The second kappa shape index (κ2) is 7.54. The van der Waals surface area contributed by atoms with Crippen LogP contribution < -0.4 is 0 Å². The number of aryl methyl sites for hydroxylation is 1. The summed E-state index contributed by atoms with van der Waals surface area (Å²) in [6.45, 7) is 1.52. The summed E-state index contributed by atoms with van der Waals surface area (Å²) in [5.74, 6) is 0.797. The average Bonchev–Trinajstić information content (AvgIpc) is 3.26. The highest BCUT2D eigenvalue weighted by Gasteiger charge is 2.52. The number of carbonyl (C=O) groups is 1. The number of benzene rings is 1. The predicted octanol–water partition coefficient (Wildman–Crippen LogP) is 1.25. The lowest BCUT2D eigenvalue weighted by Crippen LogP contribution is -2.52. The quantitative estimate of drug-likeness (QED) is 0.727. The van der Waals surface area contributed by atoms with Crippen molar-refractivity contribution in [3.63, 3.8) is 0 Å². The van der Waals surface area contributed by atoms with Crippen molar-refractivity contribution in [3.05, 3.63) is 29.0 Å². The number of sulfonamides is 1. The first-order chi connectivity index (χ1) is 13.7. The average molecular weight is 441 g/mol. The molecule has 2 N–H and O–H groups in total. The Labute approximate surface area is 174 Å². The summed E-state index contributed by atoms with van der Waals surface area (Å²) in [6, 6.07) is 5.42. The van der Waals surface area contributed by atoms with Gasteiger partial charge in [-0.05, 0) is 30.5 Å². The Morgan fingerprint density at radius 1 is 1.41 bits per heavy atom. The highest BCUT2D eigenvalue weighted by Crippen LogP contribution is 2.42. The third-order valence-electron chi connectivity index (χ3n) is 6.24. The number of amides is 1. The van der Waals surface area contributed by atoms with Gasteiger partial charge in [0.25, 0.3) is 0 Å². The maximum absolute atomic E-state index is 12.8. The molecule has 1 amide bonds. The predicted molar refractivity (Wildman–Crippen MR) is 110 cm³/mol. The van der Waals surface area contributed by atoms with Gasteiger partial charge in [-0.1, -0.05) is 11.6 Å². The Bertz CT molecular complexity index is 1040. The van der Waals surface area contributed by atoms with Gasteiger partial charge in [-0.2, -0.15) is 0 Å². The molecule has 0 spiro atoms. The van der Waals surface area contributed by atoms with Crippen LogP contribution in [0.15, 0.2) is 18.2 Å². The van der Waals surface area contributed by atoms with E-state index in [0.717, 1.165) is 16.9 Å². The number of aliphatic hydroxyl groups is 1. The Morgan fingerprint density at radius 3 is 2.93 bits per heavy atom. The van der Waals surface area contributed by atoms with Gasteiger partial charge in [-0.25, -0.2) is 17.7 Å². The van der Waals surface area contributed by atoms with Crippen molar-refractivity contribution in [2.45, 2.75) is 19.3 Å². The number of imidazole rings is 1. The molecule has 2 atom stereocenters. The van der Waals surface area contributed by atoms with Gasteiger partial charge >= 0.3 is 0 Å². The monoisotopic (exact) mass is 440 g/mol. The molecule has 29 heavy (non-hydrogen) atoms. The molecule has 2 aliphatic heterocycles. The largest absolute Gasteiger partial charge is 0.396 e. The summed E-state index contributed by atoms with van der Waals surface area (Å²) in [5, 5.41) is 10.7. The van der Waals surface area contributed by atoms with Crippen LogP contribution in [0.5, 0.6) is 0 Å². The highest BCUT2D eigenvalue weighted by molar-refractivity contribution is 7.88. The summed E-state index contributed by atoms with van der Waals surface area (Å²) in [6.07, 6.45) is 2.67. The van der Waals surface area contributed by atoms with Crippen LogP contribution in [-0.2, 0) is 21.2 Å². The lowest BCUT2D eigenvalue weighted by Gasteiger charge is -2.43. The van der Waals surface area contributed by atoms with Crippen molar-refractivity contribution in [3.8, 4) is 0 Å². The number of piperidine rings is 1. The molecule has 0 saturated carbocycles. The lowest BCUT2D eigenvalue weighted by atomic mass is 9.74. The van der Waals surface area contributed by atoms with Crippen molar-refractivity contribution in [2.24, 2.45) is 11.3 Å². The Balaban J connectivity index is 1.41. The van der Waals surface area contributed by atoms with Crippen molar-refractivity contribution >= 4 is 38.6 Å². The maximum atomic E-state index is 12.8. The van der Waals surface area contributed by atoms with Crippen LogP contribution in [-0.4, -0.2) is 77.6 Å². The lowest BCUT2D eigenvalue weighted by molar-refractivity contribution is -0.136. The van der Waals surface area contributed by atoms with E-state index in [2.05, 4.69) is 9.97 Å². The van der Waals surface area contributed by atoms with E-state index < -0.39 is 15.4 Å². The van der Waals surface area contributed by atoms with E-state index in [-0.39, 0.29) is 25.0 Å². The molecule has 0 bridgehead atoms.